The number of aliphatic hydroxyl groups excluding tert-OH is 1. The van der Waals surface area contributed by atoms with E-state index in [1.807, 2.05) is 27.7 Å². The predicted octanol–water partition coefficient (Wildman–Crippen LogP) is 2.23. The molecule has 0 saturated heterocycles. The van der Waals surface area contributed by atoms with Crippen molar-refractivity contribution in [3.63, 3.8) is 0 Å². The number of hydrogen-bond donors (Lipinski definition) is 1. The van der Waals surface area contributed by atoms with E-state index in [2.05, 4.69) is 6.92 Å². The molecule has 2 unspecified atom stereocenters. The third-order valence-corrected chi connectivity index (χ3v) is 2.35. The molecule has 0 rings (SSSR count). The van der Waals surface area contributed by atoms with Crippen molar-refractivity contribution < 1.29 is 14.6 Å². The van der Waals surface area contributed by atoms with E-state index in [-0.39, 0.29) is 11.7 Å². The summed E-state index contributed by atoms with van der Waals surface area (Å²) in [4.78, 5) is 0. The number of aliphatic hydroxyl groups is 1. The van der Waals surface area contributed by atoms with Crippen LogP contribution in [0.5, 0.6) is 0 Å². The summed E-state index contributed by atoms with van der Waals surface area (Å²) in [5, 5.41) is 9.61. The van der Waals surface area contributed by atoms with Crippen LogP contribution < -0.4 is 0 Å². The molecule has 0 aromatic rings. The fourth-order valence-corrected chi connectivity index (χ4v) is 1.05. The Morgan fingerprint density at radius 2 is 1.80 bits per heavy atom. The van der Waals surface area contributed by atoms with Crippen LogP contribution in [0.15, 0.2) is 0 Å². The maximum Gasteiger partial charge on any atom is 0.0799 e. The number of hydrogen-bond acceptors (Lipinski definition) is 3. The lowest BCUT2D eigenvalue weighted by molar-refractivity contribution is -0.0536. The van der Waals surface area contributed by atoms with Gasteiger partial charge in [-0.05, 0) is 26.7 Å². The maximum atomic E-state index is 9.61. The van der Waals surface area contributed by atoms with E-state index in [1.165, 1.54) is 0 Å². The molecule has 15 heavy (non-hydrogen) atoms. The Labute approximate surface area is 93.8 Å². The second kappa shape index (κ2) is 7.20. The SMILES string of the molecule is CCC(C)C(O)COCCOC(C)(C)C. The molecule has 0 aromatic carbocycles. The monoisotopic (exact) mass is 218 g/mol. The molecule has 92 valence electrons. The molecule has 0 radical (unpaired) electrons. The van der Waals surface area contributed by atoms with Gasteiger partial charge in [0.15, 0.2) is 0 Å². The van der Waals surface area contributed by atoms with E-state index in [4.69, 9.17) is 9.47 Å². The van der Waals surface area contributed by atoms with Gasteiger partial charge in [0, 0.05) is 0 Å². The molecule has 0 bridgehead atoms. The first kappa shape index (κ1) is 14.9. The molecule has 0 spiro atoms. The lowest BCUT2D eigenvalue weighted by Crippen LogP contribution is -2.26. The van der Waals surface area contributed by atoms with Crippen molar-refractivity contribution in [3.05, 3.63) is 0 Å². The Bertz CT molecular complexity index is 151. The first-order chi connectivity index (χ1) is 6.87. The van der Waals surface area contributed by atoms with Crippen molar-refractivity contribution in [2.45, 2.75) is 52.7 Å². The zero-order valence-electron chi connectivity index (χ0n) is 10.7. The van der Waals surface area contributed by atoms with Crippen LogP contribution in [0.2, 0.25) is 0 Å². The van der Waals surface area contributed by atoms with Gasteiger partial charge in [-0.1, -0.05) is 20.3 Å². The zero-order chi connectivity index (χ0) is 11.9. The van der Waals surface area contributed by atoms with Crippen LogP contribution in [-0.4, -0.2) is 36.6 Å². The molecule has 1 N–H and O–H groups in total. The average Bonchev–Trinajstić information content (AvgIpc) is 2.14. The molecule has 2 atom stereocenters. The Kier molecular flexibility index (Phi) is 7.14. The number of rotatable bonds is 7. The van der Waals surface area contributed by atoms with Gasteiger partial charge in [0.25, 0.3) is 0 Å². The van der Waals surface area contributed by atoms with E-state index in [0.717, 1.165) is 6.42 Å². The van der Waals surface area contributed by atoms with E-state index in [1.54, 1.807) is 0 Å². The quantitative estimate of drug-likeness (QED) is 0.666. The van der Waals surface area contributed by atoms with Gasteiger partial charge in [-0.3, -0.25) is 0 Å². The van der Waals surface area contributed by atoms with Crippen LogP contribution in [-0.2, 0) is 9.47 Å². The van der Waals surface area contributed by atoms with Gasteiger partial charge in [0.1, 0.15) is 0 Å². The Morgan fingerprint density at radius 1 is 1.20 bits per heavy atom. The van der Waals surface area contributed by atoms with Gasteiger partial charge < -0.3 is 14.6 Å². The molecular weight excluding hydrogens is 192 g/mol. The molecule has 0 aromatic heterocycles. The third kappa shape index (κ3) is 8.85. The van der Waals surface area contributed by atoms with Crippen LogP contribution in [0.1, 0.15) is 41.0 Å². The van der Waals surface area contributed by atoms with Crippen molar-refractivity contribution in [1.29, 1.82) is 0 Å². The van der Waals surface area contributed by atoms with Gasteiger partial charge in [0.05, 0.1) is 31.5 Å². The minimum Gasteiger partial charge on any atom is -0.390 e. The highest BCUT2D eigenvalue weighted by molar-refractivity contribution is 4.62. The number of ether oxygens (including phenoxy) is 2. The first-order valence-electron chi connectivity index (χ1n) is 5.76. The summed E-state index contributed by atoms with van der Waals surface area (Å²) in [5.41, 5.74) is -0.112. The van der Waals surface area contributed by atoms with Crippen LogP contribution >= 0.6 is 0 Å². The van der Waals surface area contributed by atoms with Crippen molar-refractivity contribution in [3.8, 4) is 0 Å². The molecule has 0 aliphatic rings. The first-order valence-corrected chi connectivity index (χ1v) is 5.76. The highest BCUT2D eigenvalue weighted by Crippen LogP contribution is 2.08. The Morgan fingerprint density at radius 3 is 2.27 bits per heavy atom. The van der Waals surface area contributed by atoms with Gasteiger partial charge in [0.2, 0.25) is 0 Å². The fourth-order valence-electron chi connectivity index (χ4n) is 1.05. The molecule has 3 nitrogen and oxygen atoms in total. The smallest absolute Gasteiger partial charge is 0.0799 e. The van der Waals surface area contributed by atoms with Gasteiger partial charge in [-0.25, -0.2) is 0 Å². The highest BCUT2D eigenvalue weighted by atomic mass is 16.5. The van der Waals surface area contributed by atoms with E-state index in [0.29, 0.717) is 25.7 Å². The van der Waals surface area contributed by atoms with Crippen LogP contribution in [0.25, 0.3) is 0 Å². The van der Waals surface area contributed by atoms with Gasteiger partial charge in [-0.15, -0.1) is 0 Å². The summed E-state index contributed by atoms with van der Waals surface area (Å²) in [7, 11) is 0. The third-order valence-electron chi connectivity index (χ3n) is 2.35. The summed E-state index contributed by atoms with van der Waals surface area (Å²) >= 11 is 0. The summed E-state index contributed by atoms with van der Waals surface area (Å²) in [6, 6.07) is 0. The summed E-state index contributed by atoms with van der Waals surface area (Å²) in [6.45, 7) is 11.7. The summed E-state index contributed by atoms with van der Waals surface area (Å²) < 4.78 is 10.8. The van der Waals surface area contributed by atoms with E-state index >= 15 is 0 Å². The molecule has 0 fully saturated rings. The average molecular weight is 218 g/mol. The van der Waals surface area contributed by atoms with Crippen LogP contribution in [0.3, 0.4) is 0 Å². The Balaban J connectivity index is 3.39. The lowest BCUT2D eigenvalue weighted by atomic mass is 10.0. The lowest BCUT2D eigenvalue weighted by Gasteiger charge is -2.20. The largest absolute Gasteiger partial charge is 0.390 e. The fraction of sp³-hybridized carbons (Fsp3) is 1.00. The summed E-state index contributed by atoms with van der Waals surface area (Å²) in [5.74, 6) is 0.300. The van der Waals surface area contributed by atoms with Crippen LogP contribution in [0.4, 0.5) is 0 Å². The van der Waals surface area contributed by atoms with Crippen molar-refractivity contribution in [2.75, 3.05) is 19.8 Å². The van der Waals surface area contributed by atoms with E-state index in [9.17, 15) is 5.11 Å². The normalized spacial score (nSPS) is 16.4. The topological polar surface area (TPSA) is 38.7 Å². The minimum atomic E-state index is -0.357. The Hall–Kier alpha value is -0.120. The van der Waals surface area contributed by atoms with Gasteiger partial charge in [-0.2, -0.15) is 0 Å². The van der Waals surface area contributed by atoms with Crippen molar-refractivity contribution in [1.82, 2.24) is 0 Å². The standard InChI is InChI=1S/C12H26O3/c1-6-10(2)11(13)9-14-7-8-15-12(3,4)5/h10-11,13H,6-9H2,1-5H3. The minimum absolute atomic E-state index is 0.112. The molecule has 0 saturated carbocycles. The maximum absolute atomic E-state index is 9.61. The van der Waals surface area contributed by atoms with Crippen LogP contribution in [0, 0.1) is 5.92 Å². The predicted molar refractivity (Wildman–Crippen MR) is 62.0 cm³/mol. The molecule has 0 aliphatic carbocycles. The molecule has 0 heterocycles. The summed E-state index contributed by atoms with van der Waals surface area (Å²) in [6.07, 6.45) is 0.618. The zero-order valence-corrected chi connectivity index (χ0v) is 10.7. The van der Waals surface area contributed by atoms with Gasteiger partial charge >= 0.3 is 0 Å². The second-order valence-corrected chi connectivity index (χ2v) is 4.99. The van der Waals surface area contributed by atoms with E-state index < -0.39 is 0 Å². The van der Waals surface area contributed by atoms with Crippen molar-refractivity contribution in [2.24, 2.45) is 5.92 Å². The molecule has 0 amide bonds. The molecule has 3 heteroatoms. The van der Waals surface area contributed by atoms with Crippen molar-refractivity contribution >= 4 is 0 Å². The second-order valence-electron chi connectivity index (χ2n) is 4.99. The highest BCUT2D eigenvalue weighted by Gasteiger charge is 2.12. The molecular formula is C12H26O3. The molecule has 0 aliphatic heterocycles.